The number of likely N-dealkylation sites (tertiary alicyclic amines) is 1. The number of esters is 1. The third kappa shape index (κ3) is 2.98. The molecule has 0 aliphatic carbocycles. The molecule has 0 amide bonds. The molecule has 3 heteroatoms. The molecule has 0 aromatic heterocycles. The smallest absolute Gasteiger partial charge is 0.311 e. The lowest BCUT2D eigenvalue weighted by Gasteiger charge is -2.20. The fraction of sp³-hybridized carbons (Fsp3) is 0.909. The molecule has 0 radical (unpaired) electrons. The second-order valence-electron chi connectivity index (χ2n) is 4.96. The molecule has 0 aromatic carbocycles. The normalized spacial score (nSPS) is 23.9. The number of ether oxygens (including phenoxy) is 1. The second kappa shape index (κ2) is 4.30. The van der Waals surface area contributed by atoms with Gasteiger partial charge in [-0.05, 0) is 33.7 Å². The van der Waals surface area contributed by atoms with Crippen molar-refractivity contribution in [2.75, 3.05) is 19.6 Å². The van der Waals surface area contributed by atoms with Gasteiger partial charge in [-0.25, -0.2) is 0 Å². The van der Waals surface area contributed by atoms with Crippen molar-refractivity contribution in [2.24, 2.45) is 5.41 Å². The number of carbonyl (C=O) groups is 1. The molecule has 0 N–H and O–H groups in total. The summed E-state index contributed by atoms with van der Waals surface area (Å²) in [4.78, 5) is 13.9. The summed E-state index contributed by atoms with van der Waals surface area (Å²) in [7, 11) is 0. The number of hydrogen-bond acceptors (Lipinski definition) is 3. The zero-order valence-electron chi connectivity index (χ0n) is 9.67. The van der Waals surface area contributed by atoms with Crippen LogP contribution in [0.5, 0.6) is 0 Å². The summed E-state index contributed by atoms with van der Waals surface area (Å²) in [6, 6.07) is 0. The maximum atomic E-state index is 11.6. The van der Waals surface area contributed by atoms with Gasteiger partial charge in [0.05, 0.1) is 5.41 Å². The van der Waals surface area contributed by atoms with Crippen LogP contribution in [0.1, 0.15) is 34.1 Å². The van der Waals surface area contributed by atoms with Crippen LogP contribution in [-0.2, 0) is 9.53 Å². The van der Waals surface area contributed by atoms with Gasteiger partial charge < -0.3 is 4.74 Å². The van der Waals surface area contributed by atoms with E-state index in [9.17, 15) is 4.79 Å². The van der Waals surface area contributed by atoms with Crippen LogP contribution in [-0.4, -0.2) is 36.6 Å². The average Bonchev–Trinajstić information content (AvgIpc) is 2.50. The number of hydrogen-bond donors (Lipinski definition) is 0. The van der Waals surface area contributed by atoms with Crippen LogP contribution < -0.4 is 0 Å². The molecule has 82 valence electrons. The second-order valence-corrected chi connectivity index (χ2v) is 4.96. The Kier molecular flexibility index (Phi) is 3.53. The summed E-state index contributed by atoms with van der Waals surface area (Å²) < 4.78 is 5.43. The lowest BCUT2D eigenvalue weighted by atomic mass is 9.97. The molecule has 1 rings (SSSR count). The van der Waals surface area contributed by atoms with Crippen LogP contribution in [0, 0.1) is 5.41 Å². The zero-order valence-corrected chi connectivity index (χ0v) is 9.67. The van der Waals surface area contributed by atoms with Gasteiger partial charge in [-0.15, -0.1) is 0 Å². The maximum Gasteiger partial charge on any atom is 0.311 e. The highest BCUT2D eigenvalue weighted by Gasteiger charge is 2.29. The molecule has 0 aromatic rings. The third-order valence-electron chi connectivity index (χ3n) is 2.56. The van der Waals surface area contributed by atoms with Crippen LogP contribution in [0.3, 0.4) is 0 Å². The molecule has 3 nitrogen and oxygen atoms in total. The van der Waals surface area contributed by atoms with E-state index in [1.807, 2.05) is 20.8 Å². The van der Waals surface area contributed by atoms with Crippen molar-refractivity contribution >= 4 is 5.97 Å². The lowest BCUT2D eigenvalue weighted by Crippen LogP contribution is -2.30. The minimum Gasteiger partial charge on any atom is -0.461 e. The summed E-state index contributed by atoms with van der Waals surface area (Å²) in [5.74, 6) is -0.0829. The highest BCUT2D eigenvalue weighted by atomic mass is 16.5. The van der Waals surface area contributed by atoms with Crippen molar-refractivity contribution in [1.82, 2.24) is 4.90 Å². The first-order valence-electron chi connectivity index (χ1n) is 5.37. The Hall–Kier alpha value is -0.570. The highest BCUT2D eigenvalue weighted by molar-refractivity contribution is 5.75. The number of nitrogens with zero attached hydrogens (tertiary/aromatic N) is 1. The SMILES string of the molecule is CCN1CC[C@H](OC(=O)C(C)(C)C)C1. The number of carbonyl (C=O) groups excluding carboxylic acids is 1. The molecule has 1 heterocycles. The van der Waals surface area contributed by atoms with Crippen LogP contribution in [0.15, 0.2) is 0 Å². The molecule has 1 aliphatic rings. The van der Waals surface area contributed by atoms with Crippen molar-refractivity contribution in [3.05, 3.63) is 0 Å². The molecule has 0 saturated carbocycles. The van der Waals surface area contributed by atoms with Gasteiger partial charge in [0.1, 0.15) is 6.10 Å². The van der Waals surface area contributed by atoms with Gasteiger partial charge in [-0.2, -0.15) is 0 Å². The van der Waals surface area contributed by atoms with E-state index in [0.29, 0.717) is 0 Å². The Morgan fingerprint density at radius 2 is 2.14 bits per heavy atom. The van der Waals surface area contributed by atoms with E-state index in [1.54, 1.807) is 0 Å². The molecule has 1 fully saturated rings. The standard InChI is InChI=1S/C11H21NO2/c1-5-12-7-6-9(8-12)14-10(13)11(2,3)4/h9H,5-8H2,1-4H3/t9-/m0/s1. The largest absolute Gasteiger partial charge is 0.461 e. The third-order valence-corrected chi connectivity index (χ3v) is 2.56. The maximum absolute atomic E-state index is 11.6. The van der Waals surface area contributed by atoms with Crippen molar-refractivity contribution in [2.45, 2.75) is 40.2 Å². The highest BCUT2D eigenvalue weighted by Crippen LogP contribution is 2.20. The Bertz CT molecular complexity index is 208. The first-order chi connectivity index (χ1) is 6.43. The quantitative estimate of drug-likeness (QED) is 0.634. The first kappa shape index (κ1) is 11.5. The van der Waals surface area contributed by atoms with Gasteiger partial charge in [-0.3, -0.25) is 9.69 Å². The molecule has 0 bridgehead atoms. The van der Waals surface area contributed by atoms with Crippen LogP contribution in [0.4, 0.5) is 0 Å². The molecule has 1 atom stereocenters. The van der Waals surface area contributed by atoms with Gasteiger partial charge in [0.25, 0.3) is 0 Å². The average molecular weight is 199 g/mol. The Balaban J connectivity index is 2.36. The fourth-order valence-electron chi connectivity index (χ4n) is 1.51. The van der Waals surface area contributed by atoms with E-state index in [1.165, 1.54) is 0 Å². The molecule has 0 spiro atoms. The van der Waals surface area contributed by atoms with Crippen LogP contribution in [0.25, 0.3) is 0 Å². The van der Waals surface area contributed by atoms with E-state index >= 15 is 0 Å². The monoisotopic (exact) mass is 199 g/mol. The van der Waals surface area contributed by atoms with Crippen LogP contribution >= 0.6 is 0 Å². The van der Waals surface area contributed by atoms with E-state index in [-0.39, 0.29) is 17.5 Å². The Labute approximate surface area is 86.4 Å². The van der Waals surface area contributed by atoms with Gasteiger partial charge >= 0.3 is 5.97 Å². The Morgan fingerprint density at radius 1 is 1.50 bits per heavy atom. The predicted molar refractivity (Wildman–Crippen MR) is 56.1 cm³/mol. The van der Waals surface area contributed by atoms with Crippen molar-refractivity contribution in [3.8, 4) is 0 Å². The summed E-state index contributed by atoms with van der Waals surface area (Å²) in [5.41, 5.74) is -0.375. The van der Waals surface area contributed by atoms with Gasteiger partial charge in [-0.1, -0.05) is 6.92 Å². The fourth-order valence-corrected chi connectivity index (χ4v) is 1.51. The molecule has 1 aliphatic heterocycles. The summed E-state index contributed by atoms with van der Waals surface area (Å²) in [5, 5.41) is 0. The van der Waals surface area contributed by atoms with Crippen molar-refractivity contribution in [3.63, 3.8) is 0 Å². The van der Waals surface area contributed by atoms with E-state index < -0.39 is 0 Å². The molecule has 14 heavy (non-hydrogen) atoms. The van der Waals surface area contributed by atoms with Crippen molar-refractivity contribution < 1.29 is 9.53 Å². The van der Waals surface area contributed by atoms with Gasteiger partial charge in [0, 0.05) is 13.1 Å². The molecular weight excluding hydrogens is 178 g/mol. The van der Waals surface area contributed by atoms with Gasteiger partial charge in [0.2, 0.25) is 0 Å². The van der Waals surface area contributed by atoms with E-state index in [4.69, 9.17) is 4.74 Å². The number of likely N-dealkylation sites (N-methyl/N-ethyl adjacent to an activating group) is 1. The van der Waals surface area contributed by atoms with Gasteiger partial charge in [0.15, 0.2) is 0 Å². The predicted octanol–water partition coefficient (Wildman–Crippen LogP) is 1.67. The topological polar surface area (TPSA) is 29.5 Å². The number of rotatable bonds is 2. The van der Waals surface area contributed by atoms with Crippen molar-refractivity contribution in [1.29, 1.82) is 0 Å². The summed E-state index contributed by atoms with van der Waals surface area (Å²) in [6.45, 7) is 10.8. The minimum atomic E-state index is -0.375. The van der Waals surface area contributed by atoms with E-state index in [0.717, 1.165) is 26.1 Å². The molecule has 0 unspecified atom stereocenters. The summed E-state index contributed by atoms with van der Waals surface area (Å²) >= 11 is 0. The molecule has 1 saturated heterocycles. The zero-order chi connectivity index (χ0) is 10.8. The van der Waals surface area contributed by atoms with E-state index in [2.05, 4.69) is 11.8 Å². The van der Waals surface area contributed by atoms with Crippen LogP contribution in [0.2, 0.25) is 0 Å². The molecular formula is C11H21NO2. The minimum absolute atomic E-state index is 0.0829. The lowest BCUT2D eigenvalue weighted by molar-refractivity contribution is -0.157. The first-order valence-corrected chi connectivity index (χ1v) is 5.37. The Morgan fingerprint density at radius 3 is 2.57 bits per heavy atom. The summed E-state index contributed by atoms with van der Waals surface area (Å²) in [6.07, 6.45) is 1.09.